The number of ether oxygens (including phenoxy) is 1. The van der Waals surface area contributed by atoms with Crippen LogP contribution in [0.4, 0.5) is 4.39 Å². The molecular formula is C14H15FN2O. The molecule has 0 spiro atoms. The van der Waals surface area contributed by atoms with Crippen LogP contribution >= 0.6 is 0 Å². The molecule has 0 aromatic heterocycles. The number of nitrogens with two attached hydrogens (primary N) is 1. The van der Waals surface area contributed by atoms with Gasteiger partial charge in [0.25, 0.3) is 0 Å². The first-order valence-electron chi connectivity index (χ1n) is 5.60. The number of benzene rings is 2. The van der Waals surface area contributed by atoms with Gasteiger partial charge < -0.3 is 4.74 Å². The lowest BCUT2D eigenvalue weighted by atomic mass is 9.99. The molecule has 0 radical (unpaired) electrons. The second kappa shape index (κ2) is 5.62. The van der Waals surface area contributed by atoms with E-state index in [1.165, 1.54) is 6.07 Å². The zero-order valence-corrected chi connectivity index (χ0v) is 10.1. The Hall–Kier alpha value is -1.91. The van der Waals surface area contributed by atoms with Gasteiger partial charge in [0.1, 0.15) is 11.6 Å². The summed E-state index contributed by atoms with van der Waals surface area (Å²) in [6.45, 7) is 0. The first-order chi connectivity index (χ1) is 8.76. The Morgan fingerprint density at radius 1 is 1.11 bits per heavy atom. The van der Waals surface area contributed by atoms with Gasteiger partial charge in [-0.2, -0.15) is 0 Å². The number of halogens is 1. The third kappa shape index (κ3) is 2.50. The molecule has 3 N–H and O–H groups in total. The lowest BCUT2D eigenvalue weighted by Crippen LogP contribution is -2.29. The van der Waals surface area contributed by atoms with Gasteiger partial charge in [0.2, 0.25) is 0 Å². The van der Waals surface area contributed by atoms with Gasteiger partial charge in [-0.3, -0.25) is 5.84 Å². The Kier molecular flexibility index (Phi) is 3.92. The van der Waals surface area contributed by atoms with Crippen LogP contribution in [0.15, 0.2) is 48.5 Å². The predicted molar refractivity (Wildman–Crippen MR) is 68.6 cm³/mol. The van der Waals surface area contributed by atoms with Crippen LogP contribution in [0.5, 0.6) is 5.75 Å². The molecule has 0 saturated carbocycles. The van der Waals surface area contributed by atoms with E-state index in [0.29, 0.717) is 5.56 Å². The van der Waals surface area contributed by atoms with Gasteiger partial charge in [-0.05, 0) is 23.8 Å². The average Bonchev–Trinajstić information content (AvgIpc) is 2.42. The Bertz CT molecular complexity index is 513. The van der Waals surface area contributed by atoms with Gasteiger partial charge in [-0.25, -0.2) is 9.82 Å². The topological polar surface area (TPSA) is 47.3 Å². The van der Waals surface area contributed by atoms with Gasteiger partial charge in [0, 0.05) is 5.56 Å². The summed E-state index contributed by atoms with van der Waals surface area (Å²) in [5.74, 6) is 6.00. The molecule has 0 heterocycles. The molecule has 0 aliphatic heterocycles. The highest BCUT2D eigenvalue weighted by molar-refractivity contribution is 5.35. The maximum absolute atomic E-state index is 13.7. The van der Waals surface area contributed by atoms with Crippen molar-refractivity contribution >= 4 is 0 Å². The van der Waals surface area contributed by atoms with E-state index < -0.39 is 0 Å². The second-order valence-electron chi connectivity index (χ2n) is 3.89. The summed E-state index contributed by atoms with van der Waals surface area (Å²) in [5.41, 5.74) is 4.03. The highest BCUT2D eigenvalue weighted by Gasteiger charge is 2.15. The first kappa shape index (κ1) is 12.5. The molecule has 4 heteroatoms. The van der Waals surface area contributed by atoms with Crippen LogP contribution in [0, 0.1) is 5.82 Å². The molecule has 0 aliphatic rings. The van der Waals surface area contributed by atoms with Crippen molar-refractivity contribution in [2.24, 2.45) is 5.84 Å². The van der Waals surface area contributed by atoms with E-state index >= 15 is 0 Å². The third-order valence-electron chi connectivity index (χ3n) is 2.83. The van der Waals surface area contributed by atoms with Crippen molar-refractivity contribution in [3.63, 3.8) is 0 Å². The minimum absolute atomic E-state index is 0.281. The highest BCUT2D eigenvalue weighted by Crippen LogP contribution is 2.25. The summed E-state index contributed by atoms with van der Waals surface area (Å²) >= 11 is 0. The Morgan fingerprint density at radius 2 is 1.78 bits per heavy atom. The Morgan fingerprint density at radius 3 is 2.33 bits per heavy atom. The molecule has 2 aromatic rings. The summed E-state index contributed by atoms with van der Waals surface area (Å²) in [4.78, 5) is 0. The lowest BCUT2D eigenvalue weighted by Gasteiger charge is -2.17. The van der Waals surface area contributed by atoms with Crippen molar-refractivity contribution in [1.82, 2.24) is 5.43 Å². The molecule has 2 aromatic carbocycles. The minimum atomic E-state index is -0.378. The van der Waals surface area contributed by atoms with E-state index in [0.717, 1.165) is 11.3 Å². The van der Waals surface area contributed by atoms with Crippen LogP contribution in [-0.4, -0.2) is 7.11 Å². The van der Waals surface area contributed by atoms with Crippen molar-refractivity contribution < 1.29 is 9.13 Å². The van der Waals surface area contributed by atoms with Gasteiger partial charge >= 0.3 is 0 Å². The van der Waals surface area contributed by atoms with E-state index in [-0.39, 0.29) is 11.9 Å². The summed E-state index contributed by atoms with van der Waals surface area (Å²) in [6.07, 6.45) is 0. The monoisotopic (exact) mass is 246 g/mol. The molecule has 2 rings (SSSR count). The quantitative estimate of drug-likeness (QED) is 0.643. The molecular weight excluding hydrogens is 231 g/mol. The van der Waals surface area contributed by atoms with Gasteiger partial charge in [0.15, 0.2) is 0 Å². The summed E-state index contributed by atoms with van der Waals surface area (Å²) in [6, 6.07) is 13.5. The number of hydrogen-bond acceptors (Lipinski definition) is 3. The van der Waals surface area contributed by atoms with E-state index in [2.05, 4.69) is 5.43 Å². The lowest BCUT2D eigenvalue weighted by molar-refractivity contribution is 0.414. The number of hydrazine groups is 1. The smallest absolute Gasteiger partial charge is 0.128 e. The maximum Gasteiger partial charge on any atom is 0.128 e. The second-order valence-corrected chi connectivity index (χ2v) is 3.89. The molecule has 0 unspecified atom stereocenters. The standard InChI is InChI=1S/C14H15FN2O/c1-18-11-8-6-10(7-9-11)14(17-16)12-4-2-3-5-13(12)15/h2-9,14,17H,16H2,1H3/t14-/m0/s1. The minimum Gasteiger partial charge on any atom is -0.497 e. The fourth-order valence-electron chi connectivity index (χ4n) is 1.87. The highest BCUT2D eigenvalue weighted by atomic mass is 19.1. The average molecular weight is 246 g/mol. The first-order valence-corrected chi connectivity index (χ1v) is 5.60. The van der Waals surface area contributed by atoms with E-state index in [1.54, 1.807) is 25.3 Å². The number of hydrogen-bond donors (Lipinski definition) is 2. The normalized spacial score (nSPS) is 12.2. The zero-order valence-electron chi connectivity index (χ0n) is 10.1. The molecule has 0 aliphatic carbocycles. The fourth-order valence-corrected chi connectivity index (χ4v) is 1.87. The largest absolute Gasteiger partial charge is 0.497 e. The van der Waals surface area contributed by atoms with E-state index in [1.807, 2.05) is 24.3 Å². The molecule has 0 saturated heterocycles. The summed E-state index contributed by atoms with van der Waals surface area (Å²) < 4.78 is 18.8. The van der Waals surface area contributed by atoms with Gasteiger partial charge in [-0.1, -0.05) is 30.3 Å². The van der Waals surface area contributed by atoms with Crippen molar-refractivity contribution in [2.75, 3.05) is 7.11 Å². The molecule has 0 bridgehead atoms. The van der Waals surface area contributed by atoms with Crippen LogP contribution < -0.4 is 16.0 Å². The van der Waals surface area contributed by atoms with Crippen LogP contribution in [-0.2, 0) is 0 Å². The number of rotatable bonds is 4. The summed E-state index contributed by atoms with van der Waals surface area (Å²) in [5, 5.41) is 0. The SMILES string of the molecule is COc1ccc([C@H](NN)c2ccccc2F)cc1. The van der Waals surface area contributed by atoms with Gasteiger partial charge in [0.05, 0.1) is 13.2 Å². The fraction of sp³-hybridized carbons (Fsp3) is 0.143. The van der Waals surface area contributed by atoms with Crippen LogP contribution in [0.2, 0.25) is 0 Å². The van der Waals surface area contributed by atoms with Crippen molar-refractivity contribution in [3.05, 3.63) is 65.5 Å². The van der Waals surface area contributed by atoms with Crippen LogP contribution in [0.1, 0.15) is 17.2 Å². The number of nitrogens with one attached hydrogen (secondary N) is 1. The zero-order chi connectivity index (χ0) is 13.0. The van der Waals surface area contributed by atoms with Crippen LogP contribution in [0.25, 0.3) is 0 Å². The Balaban J connectivity index is 2.36. The molecule has 3 nitrogen and oxygen atoms in total. The number of methoxy groups -OCH3 is 1. The van der Waals surface area contributed by atoms with E-state index in [9.17, 15) is 4.39 Å². The molecule has 94 valence electrons. The molecule has 18 heavy (non-hydrogen) atoms. The maximum atomic E-state index is 13.7. The van der Waals surface area contributed by atoms with Gasteiger partial charge in [-0.15, -0.1) is 0 Å². The van der Waals surface area contributed by atoms with Crippen LogP contribution in [0.3, 0.4) is 0 Å². The van der Waals surface area contributed by atoms with Crippen molar-refractivity contribution in [1.29, 1.82) is 0 Å². The molecule has 0 amide bonds. The molecule has 0 fully saturated rings. The third-order valence-corrected chi connectivity index (χ3v) is 2.83. The molecule has 1 atom stereocenters. The van der Waals surface area contributed by atoms with E-state index in [4.69, 9.17) is 10.6 Å². The summed E-state index contributed by atoms with van der Waals surface area (Å²) in [7, 11) is 1.60. The predicted octanol–water partition coefficient (Wildman–Crippen LogP) is 2.39. The van der Waals surface area contributed by atoms with Crippen molar-refractivity contribution in [3.8, 4) is 5.75 Å². The Labute approximate surface area is 105 Å². The van der Waals surface area contributed by atoms with Crippen molar-refractivity contribution in [2.45, 2.75) is 6.04 Å².